The number of nitrogens with zero attached hydrogens (tertiary/aromatic N) is 1. The molecular formula is C14H21ClN2O2. The van der Waals surface area contributed by atoms with E-state index >= 15 is 0 Å². The number of halogens is 1. The van der Waals surface area contributed by atoms with Crippen LogP contribution in [-0.2, 0) is 4.79 Å². The highest BCUT2D eigenvalue weighted by Crippen LogP contribution is 2.23. The number of hydrogen-bond donors (Lipinski definition) is 1. The minimum Gasteiger partial charge on any atom is -0.497 e. The monoisotopic (exact) mass is 284 g/mol. The molecule has 0 aliphatic carbocycles. The smallest absolute Gasteiger partial charge is 0.228 e. The van der Waals surface area contributed by atoms with Gasteiger partial charge < -0.3 is 15.0 Å². The predicted molar refractivity (Wildman–Crippen MR) is 77.8 cm³/mol. The Morgan fingerprint density at radius 1 is 1.37 bits per heavy atom. The summed E-state index contributed by atoms with van der Waals surface area (Å²) in [5.41, 5.74) is 1.12. The number of carbonyl (C=O) groups excluding carboxylic acids is 1. The van der Waals surface area contributed by atoms with E-state index in [1.807, 2.05) is 43.1 Å². The van der Waals surface area contributed by atoms with Crippen LogP contribution in [-0.4, -0.2) is 38.1 Å². The SMILES string of the molecule is COc1ccc(C(C)N(C)C(=O)C2CNC2)cc1.Cl. The zero-order chi connectivity index (χ0) is 13.1. The van der Waals surface area contributed by atoms with E-state index in [9.17, 15) is 4.79 Å². The lowest BCUT2D eigenvalue weighted by molar-refractivity contribution is -0.137. The summed E-state index contributed by atoms with van der Waals surface area (Å²) in [7, 11) is 3.52. The highest BCUT2D eigenvalue weighted by molar-refractivity contribution is 5.85. The molecule has 0 aromatic heterocycles. The summed E-state index contributed by atoms with van der Waals surface area (Å²) in [6, 6.07) is 7.95. The molecule has 5 heteroatoms. The molecule has 1 N–H and O–H groups in total. The zero-order valence-corrected chi connectivity index (χ0v) is 12.4. The number of amides is 1. The van der Waals surface area contributed by atoms with Crippen molar-refractivity contribution in [2.75, 3.05) is 27.2 Å². The van der Waals surface area contributed by atoms with Gasteiger partial charge in [-0.15, -0.1) is 12.4 Å². The predicted octanol–water partition coefficient (Wildman–Crippen LogP) is 1.86. The summed E-state index contributed by atoms with van der Waals surface area (Å²) in [4.78, 5) is 14.0. The van der Waals surface area contributed by atoms with Crippen LogP contribution in [0.1, 0.15) is 18.5 Å². The highest BCUT2D eigenvalue weighted by atomic mass is 35.5. The van der Waals surface area contributed by atoms with Gasteiger partial charge in [-0.05, 0) is 24.6 Å². The molecule has 0 radical (unpaired) electrons. The molecule has 0 bridgehead atoms. The van der Waals surface area contributed by atoms with Gasteiger partial charge in [-0.25, -0.2) is 0 Å². The summed E-state index contributed by atoms with van der Waals surface area (Å²) >= 11 is 0. The molecule has 1 amide bonds. The Morgan fingerprint density at radius 2 is 1.95 bits per heavy atom. The normalized spacial score (nSPS) is 15.9. The molecule has 19 heavy (non-hydrogen) atoms. The molecule has 1 aliphatic rings. The zero-order valence-electron chi connectivity index (χ0n) is 11.6. The lowest BCUT2D eigenvalue weighted by Gasteiger charge is -2.33. The van der Waals surface area contributed by atoms with Crippen LogP contribution in [0.4, 0.5) is 0 Å². The van der Waals surface area contributed by atoms with Crippen molar-refractivity contribution in [3.63, 3.8) is 0 Å². The fourth-order valence-corrected chi connectivity index (χ4v) is 2.05. The van der Waals surface area contributed by atoms with Gasteiger partial charge in [0.1, 0.15) is 5.75 Å². The second-order valence-electron chi connectivity index (χ2n) is 4.75. The Labute approximate surface area is 120 Å². The van der Waals surface area contributed by atoms with Gasteiger partial charge in [0.05, 0.1) is 19.1 Å². The van der Waals surface area contributed by atoms with Crippen LogP contribution in [0.3, 0.4) is 0 Å². The minimum absolute atomic E-state index is 0. The summed E-state index contributed by atoms with van der Waals surface area (Å²) in [6.07, 6.45) is 0. The van der Waals surface area contributed by atoms with Crippen molar-refractivity contribution in [2.24, 2.45) is 5.92 Å². The number of hydrogen-bond acceptors (Lipinski definition) is 3. The van der Waals surface area contributed by atoms with Crippen molar-refractivity contribution in [2.45, 2.75) is 13.0 Å². The van der Waals surface area contributed by atoms with Crippen molar-refractivity contribution in [1.29, 1.82) is 0 Å². The van der Waals surface area contributed by atoms with E-state index in [0.29, 0.717) is 0 Å². The maximum atomic E-state index is 12.1. The molecule has 1 saturated heterocycles. The third kappa shape index (κ3) is 3.39. The first kappa shape index (κ1) is 15.8. The molecule has 0 spiro atoms. The van der Waals surface area contributed by atoms with Crippen LogP contribution < -0.4 is 10.1 Å². The first-order valence-electron chi connectivity index (χ1n) is 6.25. The average molecular weight is 285 g/mol. The van der Waals surface area contributed by atoms with Gasteiger partial charge in [0.25, 0.3) is 0 Å². The first-order chi connectivity index (χ1) is 8.63. The number of ether oxygens (including phenoxy) is 1. The Bertz CT molecular complexity index is 418. The molecule has 0 saturated carbocycles. The van der Waals surface area contributed by atoms with E-state index in [1.54, 1.807) is 7.11 Å². The molecule has 1 unspecified atom stereocenters. The number of methoxy groups -OCH3 is 1. The van der Waals surface area contributed by atoms with Crippen LogP contribution in [0.2, 0.25) is 0 Å². The third-order valence-corrected chi connectivity index (χ3v) is 3.66. The topological polar surface area (TPSA) is 41.6 Å². The van der Waals surface area contributed by atoms with E-state index in [-0.39, 0.29) is 30.3 Å². The largest absolute Gasteiger partial charge is 0.497 e. The number of nitrogens with one attached hydrogen (secondary N) is 1. The van der Waals surface area contributed by atoms with E-state index < -0.39 is 0 Å². The van der Waals surface area contributed by atoms with Gasteiger partial charge in [-0.2, -0.15) is 0 Å². The molecule has 1 atom stereocenters. The van der Waals surface area contributed by atoms with Crippen LogP contribution in [0.25, 0.3) is 0 Å². The van der Waals surface area contributed by atoms with Crippen LogP contribution >= 0.6 is 12.4 Å². The third-order valence-electron chi connectivity index (χ3n) is 3.66. The van der Waals surface area contributed by atoms with Crippen LogP contribution in [0.5, 0.6) is 5.75 Å². The number of carbonyl (C=O) groups is 1. The second kappa shape index (κ2) is 6.78. The van der Waals surface area contributed by atoms with Gasteiger partial charge in [-0.3, -0.25) is 4.79 Å². The Morgan fingerprint density at radius 3 is 2.37 bits per heavy atom. The molecule has 106 valence electrons. The van der Waals surface area contributed by atoms with Crippen LogP contribution in [0.15, 0.2) is 24.3 Å². The van der Waals surface area contributed by atoms with Gasteiger partial charge in [0.15, 0.2) is 0 Å². The van der Waals surface area contributed by atoms with E-state index in [1.165, 1.54) is 0 Å². The fourth-order valence-electron chi connectivity index (χ4n) is 2.05. The quantitative estimate of drug-likeness (QED) is 0.918. The van der Waals surface area contributed by atoms with E-state index in [4.69, 9.17) is 4.74 Å². The van der Waals surface area contributed by atoms with Gasteiger partial charge >= 0.3 is 0 Å². The number of rotatable bonds is 4. The van der Waals surface area contributed by atoms with Crippen molar-refractivity contribution < 1.29 is 9.53 Å². The fraction of sp³-hybridized carbons (Fsp3) is 0.500. The molecule has 1 fully saturated rings. The van der Waals surface area contributed by atoms with Crippen molar-refractivity contribution in [1.82, 2.24) is 10.2 Å². The van der Waals surface area contributed by atoms with Crippen LogP contribution in [0, 0.1) is 5.92 Å². The minimum atomic E-state index is 0. The molecule has 4 nitrogen and oxygen atoms in total. The summed E-state index contributed by atoms with van der Waals surface area (Å²) < 4.78 is 5.13. The maximum absolute atomic E-state index is 12.1. The molecule has 1 aromatic rings. The van der Waals surface area contributed by atoms with E-state index in [2.05, 4.69) is 5.32 Å². The summed E-state index contributed by atoms with van der Waals surface area (Å²) in [6.45, 7) is 3.66. The Hall–Kier alpha value is -1.26. The molecule has 1 aliphatic heterocycles. The molecule has 1 heterocycles. The van der Waals surface area contributed by atoms with Crippen molar-refractivity contribution in [3.05, 3.63) is 29.8 Å². The Kier molecular flexibility index (Phi) is 5.63. The molecule has 1 aromatic carbocycles. The maximum Gasteiger partial charge on any atom is 0.228 e. The van der Waals surface area contributed by atoms with Gasteiger partial charge in [0, 0.05) is 20.1 Å². The van der Waals surface area contributed by atoms with E-state index in [0.717, 1.165) is 24.4 Å². The van der Waals surface area contributed by atoms with Crippen molar-refractivity contribution >= 4 is 18.3 Å². The molecule has 2 rings (SSSR count). The lowest BCUT2D eigenvalue weighted by Crippen LogP contribution is -2.51. The lowest BCUT2D eigenvalue weighted by atomic mass is 9.99. The second-order valence-corrected chi connectivity index (χ2v) is 4.75. The Balaban J connectivity index is 0.00000180. The summed E-state index contributed by atoms with van der Waals surface area (Å²) in [5, 5.41) is 3.13. The standard InChI is InChI=1S/C14H20N2O2.ClH/c1-10(11-4-6-13(18-3)7-5-11)16(2)14(17)12-8-15-9-12;/h4-7,10,12,15H,8-9H2,1-3H3;1H. The molecular weight excluding hydrogens is 264 g/mol. The van der Waals surface area contributed by atoms with Gasteiger partial charge in [-0.1, -0.05) is 12.1 Å². The van der Waals surface area contributed by atoms with Crippen molar-refractivity contribution in [3.8, 4) is 5.75 Å². The first-order valence-corrected chi connectivity index (χ1v) is 6.25. The number of benzene rings is 1. The summed E-state index contributed by atoms with van der Waals surface area (Å²) in [5.74, 6) is 1.20. The average Bonchev–Trinajstić information content (AvgIpc) is 2.35. The van der Waals surface area contributed by atoms with Gasteiger partial charge in [0.2, 0.25) is 5.91 Å². The highest BCUT2D eigenvalue weighted by Gasteiger charge is 2.29.